The van der Waals surface area contributed by atoms with Gasteiger partial charge in [-0.05, 0) is 31.4 Å². The fraction of sp³-hybridized carbons (Fsp3) is 0.467. The minimum Gasteiger partial charge on any atom is -0.478 e. The molecule has 1 aromatic rings. The number of carbonyl (C=O) groups is 2. The van der Waals surface area contributed by atoms with Crippen molar-refractivity contribution in [3.63, 3.8) is 0 Å². The fourth-order valence-corrected chi connectivity index (χ4v) is 2.17. The summed E-state index contributed by atoms with van der Waals surface area (Å²) < 4.78 is 13.8. The minimum absolute atomic E-state index is 0.191. The summed E-state index contributed by atoms with van der Waals surface area (Å²) in [6, 6.07) is 3.48. The number of hydrogen-bond donors (Lipinski definition) is 2. The average molecular weight is 294 g/mol. The zero-order valence-corrected chi connectivity index (χ0v) is 11.9. The summed E-state index contributed by atoms with van der Waals surface area (Å²) in [5, 5.41) is 11.5. The molecule has 2 N–H and O–H groups in total. The van der Waals surface area contributed by atoms with Crippen molar-refractivity contribution in [1.82, 2.24) is 4.90 Å². The minimum atomic E-state index is -1.27. The number of anilines is 1. The highest BCUT2D eigenvalue weighted by Gasteiger charge is 2.32. The van der Waals surface area contributed by atoms with Crippen LogP contribution in [0.2, 0.25) is 0 Å². The van der Waals surface area contributed by atoms with E-state index in [4.69, 9.17) is 5.11 Å². The Morgan fingerprint density at radius 1 is 1.43 bits per heavy atom. The Labute approximate surface area is 122 Å². The SMILES string of the molecule is CCCCN(C(=O)Nc1c(F)cccc1C(=O)O)C1CC1. The Balaban J connectivity index is 2.16. The van der Waals surface area contributed by atoms with Crippen molar-refractivity contribution in [2.45, 2.75) is 38.6 Å². The number of nitrogens with zero attached hydrogens (tertiary/aromatic N) is 1. The van der Waals surface area contributed by atoms with Gasteiger partial charge < -0.3 is 15.3 Å². The van der Waals surface area contributed by atoms with Gasteiger partial charge >= 0.3 is 12.0 Å². The van der Waals surface area contributed by atoms with Crippen molar-refractivity contribution in [3.05, 3.63) is 29.6 Å². The molecule has 5 nitrogen and oxygen atoms in total. The monoisotopic (exact) mass is 294 g/mol. The van der Waals surface area contributed by atoms with Crippen molar-refractivity contribution in [1.29, 1.82) is 0 Å². The Bertz CT molecular complexity index is 544. The maximum Gasteiger partial charge on any atom is 0.337 e. The molecule has 0 aromatic heterocycles. The first-order valence-electron chi connectivity index (χ1n) is 7.14. The second-order valence-corrected chi connectivity index (χ2v) is 5.18. The number of carboxylic acid groups (broad SMARTS) is 1. The number of unbranched alkanes of at least 4 members (excludes halogenated alkanes) is 1. The van der Waals surface area contributed by atoms with E-state index < -0.39 is 17.8 Å². The highest BCUT2D eigenvalue weighted by Crippen LogP contribution is 2.28. The van der Waals surface area contributed by atoms with Gasteiger partial charge in [0.2, 0.25) is 0 Å². The molecule has 1 aromatic carbocycles. The Hall–Kier alpha value is -2.11. The molecule has 0 unspecified atom stereocenters. The van der Waals surface area contributed by atoms with E-state index in [0.717, 1.165) is 31.7 Å². The van der Waals surface area contributed by atoms with Gasteiger partial charge in [-0.25, -0.2) is 14.0 Å². The van der Waals surface area contributed by atoms with Gasteiger partial charge in [0, 0.05) is 12.6 Å². The van der Waals surface area contributed by atoms with E-state index in [0.29, 0.717) is 6.54 Å². The number of nitrogens with one attached hydrogen (secondary N) is 1. The predicted octanol–water partition coefficient (Wildman–Crippen LogP) is 3.32. The molecule has 0 heterocycles. The van der Waals surface area contributed by atoms with E-state index in [1.165, 1.54) is 12.1 Å². The normalized spacial score (nSPS) is 13.8. The van der Waals surface area contributed by atoms with Crippen LogP contribution < -0.4 is 5.32 Å². The van der Waals surface area contributed by atoms with Crippen LogP contribution >= 0.6 is 0 Å². The summed E-state index contributed by atoms with van der Waals surface area (Å²) in [5.74, 6) is -2.01. The van der Waals surface area contributed by atoms with Gasteiger partial charge in [-0.3, -0.25) is 0 Å². The number of carbonyl (C=O) groups excluding carboxylic acids is 1. The molecule has 1 aliphatic carbocycles. The van der Waals surface area contributed by atoms with Crippen molar-refractivity contribution < 1.29 is 19.1 Å². The van der Waals surface area contributed by atoms with Crippen molar-refractivity contribution >= 4 is 17.7 Å². The van der Waals surface area contributed by atoms with E-state index in [9.17, 15) is 14.0 Å². The zero-order chi connectivity index (χ0) is 15.4. The third-order valence-corrected chi connectivity index (χ3v) is 3.48. The molecule has 0 radical (unpaired) electrons. The molecule has 1 fully saturated rings. The van der Waals surface area contributed by atoms with Crippen LogP contribution in [0.1, 0.15) is 43.0 Å². The quantitative estimate of drug-likeness (QED) is 0.845. The third-order valence-electron chi connectivity index (χ3n) is 3.48. The van der Waals surface area contributed by atoms with Crippen LogP contribution in [-0.2, 0) is 0 Å². The summed E-state index contributed by atoms with van der Waals surface area (Å²) >= 11 is 0. The fourth-order valence-electron chi connectivity index (χ4n) is 2.17. The molecule has 0 saturated heterocycles. The van der Waals surface area contributed by atoms with Crippen molar-refractivity contribution in [2.24, 2.45) is 0 Å². The number of benzene rings is 1. The Kier molecular flexibility index (Phi) is 4.77. The number of urea groups is 1. The Morgan fingerprint density at radius 2 is 2.14 bits per heavy atom. The molecule has 2 rings (SSSR count). The number of hydrogen-bond acceptors (Lipinski definition) is 2. The van der Waals surface area contributed by atoms with Crippen molar-refractivity contribution in [2.75, 3.05) is 11.9 Å². The number of carboxylic acids is 1. The van der Waals surface area contributed by atoms with Gasteiger partial charge in [0.05, 0.1) is 11.3 Å². The summed E-state index contributed by atoms with van der Waals surface area (Å²) in [4.78, 5) is 25.1. The van der Waals surface area contributed by atoms with E-state index in [-0.39, 0.29) is 17.3 Å². The largest absolute Gasteiger partial charge is 0.478 e. The van der Waals surface area contributed by atoms with Crippen LogP contribution in [0.25, 0.3) is 0 Å². The molecule has 21 heavy (non-hydrogen) atoms. The van der Waals surface area contributed by atoms with E-state index >= 15 is 0 Å². The third kappa shape index (κ3) is 3.71. The second kappa shape index (κ2) is 6.56. The highest BCUT2D eigenvalue weighted by molar-refractivity contribution is 6.00. The smallest absolute Gasteiger partial charge is 0.337 e. The summed E-state index contributed by atoms with van der Waals surface area (Å²) in [6.45, 7) is 2.63. The number of rotatable bonds is 6. The maximum absolute atomic E-state index is 13.8. The molecule has 114 valence electrons. The zero-order valence-electron chi connectivity index (χ0n) is 11.9. The summed E-state index contributed by atoms with van der Waals surface area (Å²) in [6.07, 6.45) is 3.71. The van der Waals surface area contributed by atoms with Gasteiger partial charge in [0.25, 0.3) is 0 Å². The van der Waals surface area contributed by atoms with Crippen LogP contribution in [0.5, 0.6) is 0 Å². The number of para-hydroxylation sites is 1. The molecule has 0 spiro atoms. The lowest BCUT2D eigenvalue weighted by Gasteiger charge is -2.23. The molecule has 0 atom stereocenters. The lowest BCUT2D eigenvalue weighted by molar-refractivity contribution is 0.0697. The topological polar surface area (TPSA) is 69.6 Å². The first kappa shape index (κ1) is 15.3. The van der Waals surface area contributed by atoms with Crippen LogP contribution in [0.3, 0.4) is 0 Å². The van der Waals surface area contributed by atoms with Gasteiger partial charge in [0.1, 0.15) is 5.82 Å². The average Bonchev–Trinajstić information content (AvgIpc) is 3.26. The number of halogens is 1. The molecule has 1 saturated carbocycles. The lowest BCUT2D eigenvalue weighted by Crippen LogP contribution is -2.38. The summed E-state index contributed by atoms with van der Waals surface area (Å²) in [7, 11) is 0. The first-order valence-corrected chi connectivity index (χ1v) is 7.14. The number of aromatic carboxylic acids is 1. The van der Waals surface area contributed by atoms with Gasteiger partial charge in [-0.2, -0.15) is 0 Å². The predicted molar refractivity (Wildman–Crippen MR) is 77.0 cm³/mol. The van der Waals surface area contributed by atoms with E-state index in [2.05, 4.69) is 5.32 Å². The van der Waals surface area contributed by atoms with E-state index in [1.807, 2.05) is 6.92 Å². The second-order valence-electron chi connectivity index (χ2n) is 5.18. The molecular weight excluding hydrogens is 275 g/mol. The van der Waals surface area contributed by atoms with Crippen molar-refractivity contribution in [3.8, 4) is 0 Å². The highest BCUT2D eigenvalue weighted by atomic mass is 19.1. The molecule has 2 amide bonds. The van der Waals surface area contributed by atoms with Gasteiger partial charge in [0.15, 0.2) is 0 Å². The van der Waals surface area contributed by atoms with Crippen LogP contribution in [-0.4, -0.2) is 34.6 Å². The molecule has 1 aliphatic rings. The molecular formula is C15H19FN2O3. The lowest BCUT2D eigenvalue weighted by atomic mass is 10.1. The van der Waals surface area contributed by atoms with Gasteiger partial charge in [-0.1, -0.05) is 19.4 Å². The standard InChI is InChI=1S/C15H19FN2O3/c1-2-3-9-18(10-7-8-10)15(21)17-13-11(14(19)20)5-4-6-12(13)16/h4-6,10H,2-3,7-9H2,1H3,(H,17,21)(H,19,20). The van der Waals surface area contributed by atoms with Crippen LogP contribution in [0.4, 0.5) is 14.9 Å². The molecule has 6 heteroatoms. The molecule has 0 aliphatic heterocycles. The Morgan fingerprint density at radius 3 is 2.71 bits per heavy atom. The maximum atomic E-state index is 13.8. The van der Waals surface area contributed by atoms with Crippen LogP contribution in [0, 0.1) is 5.82 Å². The molecule has 0 bridgehead atoms. The summed E-state index contributed by atoms with van der Waals surface area (Å²) in [5.41, 5.74) is -0.508. The first-order chi connectivity index (χ1) is 10.0. The van der Waals surface area contributed by atoms with Crippen LogP contribution in [0.15, 0.2) is 18.2 Å². The number of amides is 2. The van der Waals surface area contributed by atoms with E-state index in [1.54, 1.807) is 4.90 Å². The van der Waals surface area contributed by atoms with Gasteiger partial charge in [-0.15, -0.1) is 0 Å².